The van der Waals surface area contributed by atoms with Crippen molar-refractivity contribution >= 4 is 0 Å². The van der Waals surface area contributed by atoms with Gasteiger partial charge in [-0.15, -0.1) is 13.2 Å². The van der Waals surface area contributed by atoms with Gasteiger partial charge >= 0.3 is 6.36 Å². The molecule has 2 rings (SSSR count). The van der Waals surface area contributed by atoms with Crippen molar-refractivity contribution in [3.63, 3.8) is 0 Å². The van der Waals surface area contributed by atoms with E-state index in [9.17, 15) is 13.2 Å². The average molecular weight is 229 g/mol. The number of hydrogen-bond acceptors (Lipinski definition) is 3. The van der Waals surface area contributed by atoms with Crippen LogP contribution in [0.5, 0.6) is 5.75 Å². The van der Waals surface area contributed by atoms with Crippen molar-refractivity contribution in [3.05, 3.63) is 36.6 Å². The fraction of sp³-hybridized carbons (Fsp3) is 0.100. The van der Waals surface area contributed by atoms with Crippen molar-refractivity contribution in [1.82, 2.24) is 5.16 Å². The van der Waals surface area contributed by atoms with E-state index in [-0.39, 0.29) is 5.69 Å². The summed E-state index contributed by atoms with van der Waals surface area (Å²) in [6.45, 7) is 0. The SMILES string of the molecule is FC(F)(F)Oc1conc1-c1ccccc1. The molecule has 16 heavy (non-hydrogen) atoms. The van der Waals surface area contributed by atoms with Gasteiger partial charge < -0.3 is 9.26 Å². The number of aromatic nitrogens is 1. The first kappa shape index (κ1) is 10.5. The Morgan fingerprint density at radius 3 is 2.44 bits per heavy atom. The van der Waals surface area contributed by atoms with Crippen LogP contribution in [-0.2, 0) is 0 Å². The zero-order valence-corrected chi connectivity index (χ0v) is 7.86. The number of benzene rings is 1. The highest BCUT2D eigenvalue weighted by atomic mass is 19.4. The molecule has 3 nitrogen and oxygen atoms in total. The largest absolute Gasteiger partial charge is 0.573 e. The first-order valence-corrected chi connectivity index (χ1v) is 4.32. The molecule has 6 heteroatoms. The molecule has 0 unspecified atom stereocenters. The number of rotatable bonds is 2. The fourth-order valence-corrected chi connectivity index (χ4v) is 1.22. The lowest BCUT2D eigenvalue weighted by molar-refractivity contribution is -0.274. The number of hydrogen-bond donors (Lipinski definition) is 0. The van der Waals surface area contributed by atoms with Crippen molar-refractivity contribution in [2.45, 2.75) is 6.36 Å². The molecule has 0 aliphatic carbocycles. The Balaban J connectivity index is 2.33. The van der Waals surface area contributed by atoms with Gasteiger partial charge in [0, 0.05) is 5.56 Å². The van der Waals surface area contributed by atoms with E-state index in [1.807, 2.05) is 0 Å². The highest BCUT2D eigenvalue weighted by Crippen LogP contribution is 2.32. The van der Waals surface area contributed by atoms with Gasteiger partial charge in [-0.25, -0.2) is 0 Å². The van der Waals surface area contributed by atoms with Gasteiger partial charge in [0.05, 0.1) is 0 Å². The summed E-state index contributed by atoms with van der Waals surface area (Å²) >= 11 is 0. The van der Waals surface area contributed by atoms with Gasteiger partial charge in [0.25, 0.3) is 0 Å². The molecule has 0 radical (unpaired) electrons. The maximum Gasteiger partial charge on any atom is 0.573 e. The van der Waals surface area contributed by atoms with Gasteiger partial charge in [-0.2, -0.15) is 0 Å². The summed E-state index contributed by atoms with van der Waals surface area (Å²) in [4.78, 5) is 0. The summed E-state index contributed by atoms with van der Waals surface area (Å²) in [6.07, 6.45) is -3.94. The normalized spacial score (nSPS) is 11.4. The molecule has 0 fully saturated rings. The lowest BCUT2D eigenvalue weighted by Gasteiger charge is -2.07. The third-order valence-corrected chi connectivity index (χ3v) is 1.81. The van der Waals surface area contributed by atoms with Crippen molar-refractivity contribution in [2.24, 2.45) is 0 Å². The number of alkyl halides is 3. The van der Waals surface area contributed by atoms with E-state index in [0.29, 0.717) is 5.56 Å². The number of nitrogens with zero attached hydrogens (tertiary/aromatic N) is 1. The van der Waals surface area contributed by atoms with Crippen LogP contribution in [-0.4, -0.2) is 11.5 Å². The van der Waals surface area contributed by atoms with E-state index < -0.39 is 12.1 Å². The Kier molecular flexibility index (Phi) is 2.55. The molecule has 0 N–H and O–H groups in total. The molecule has 0 bridgehead atoms. The predicted octanol–water partition coefficient (Wildman–Crippen LogP) is 3.24. The smallest absolute Gasteiger partial charge is 0.400 e. The third-order valence-electron chi connectivity index (χ3n) is 1.81. The van der Waals surface area contributed by atoms with Crippen molar-refractivity contribution < 1.29 is 22.4 Å². The van der Waals surface area contributed by atoms with Gasteiger partial charge in [0.2, 0.25) is 0 Å². The van der Waals surface area contributed by atoms with Gasteiger partial charge in [-0.1, -0.05) is 35.5 Å². The predicted molar refractivity (Wildman–Crippen MR) is 48.6 cm³/mol. The molecule has 1 aromatic heterocycles. The van der Waals surface area contributed by atoms with Crippen LogP contribution in [0.2, 0.25) is 0 Å². The first-order valence-electron chi connectivity index (χ1n) is 4.32. The molecular formula is C10H6F3NO2. The Hall–Kier alpha value is -1.98. The fourth-order valence-electron chi connectivity index (χ4n) is 1.22. The van der Waals surface area contributed by atoms with Crippen molar-refractivity contribution in [3.8, 4) is 17.0 Å². The van der Waals surface area contributed by atoms with Crippen molar-refractivity contribution in [1.29, 1.82) is 0 Å². The van der Waals surface area contributed by atoms with E-state index in [0.717, 1.165) is 6.26 Å². The lowest BCUT2D eigenvalue weighted by Crippen LogP contribution is -2.17. The Labute approximate surface area is 88.4 Å². The topological polar surface area (TPSA) is 35.3 Å². The quantitative estimate of drug-likeness (QED) is 0.792. The highest BCUT2D eigenvalue weighted by Gasteiger charge is 2.33. The third kappa shape index (κ3) is 2.33. The molecule has 1 heterocycles. The van der Waals surface area contributed by atoms with Crippen LogP contribution in [0.4, 0.5) is 13.2 Å². The molecule has 0 atom stereocenters. The molecular weight excluding hydrogens is 223 g/mol. The van der Waals surface area contributed by atoms with Gasteiger partial charge in [0.1, 0.15) is 0 Å². The minimum Gasteiger partial charge on any atom is -0.400 e. The molecule has 0 aliphatic heterocycles. The Morgan fingerprint density at radius 1 is 1.12 bits per heavy atom. The standard InChI is InChI=1S/C10H6F3NO2/c11-10(12,13)16-8-6-15-14-9(8)7-4-2-1-3-5-7/h1-6H. The van der Waals surface area contributed by atoms with E-state index >= 15 is 0 Å². The van der Waals surface area contributed by atoms with Gasteiger partial charge in [-0.05, 0) is 0 Å². The van der Waals surface area contributed by atoms with E-state index in [1.54, 1.807) is 30.3 Å². The minimum absolute atomic E-state index is 0.0259. The second kappa shape index (κ2) is 3.88. The maximum absolute atomic E-state index is 12.0. The molecule has 84 valence electrons. The lowest BCUT2D eigenvalue weighted by atomic mass is 10.1. The van der Waals surface area contributed by atoms with Crippen molar-refractivity contribution in [2.75, 3.05) is 0 Å². The summed E-state index contributed by atoms with van der Waals surface area (Å²) in [5, 5.41) is 3.47. The molecule has 0 amide bonds. The van der Waals surface area contributed by atoms with Crippen LogP contribution in [0.15, 0.2) is 41.1 Å². The monoisotopic (exact) mass is 229 g/mol. The molecule has 2 aromatic rings. The van der Waals surface area contributed by atoms with Crippen LogP contribution in [0.25, 0.3) is 11.3 Å². The highest BCUT2D eigenvalue weighted by molar-refractivity contribution is 5.64. The Morgan fingerprint density at radius 2 is 1.81 bits per heavy atom. The van der Waals surface area contributed by atoms with E-state index in [4.69, 9.17) is 0 Å². The van der Waals surface area contributed by atoms with Crippen LogP contribution < -0.4 is 4.74 Å². The van der Waals surface area contributed by atoms with Gasteiger partial charge in [0.15, 0.2) is 17.7 Å². The molecule has 0 saturated heterocycles. The van der Waals surface area contributed by atoms with E-state index in [2.05, 4.69) is 14.4 Å². The summed E-state index contributed by atoms with van der Waals surface area (Å²) in [5.74, 6) is -0.446. The summed E-state index contributed by atoms with van der Waals surface area (Å²) in [7, 11) is 0. The molecule has 0 spiro atoms. The van der Waals surface area contributed by atoms with Gasteiger partial charge in [-0.3, -0.25) is 0 Å². The summed E-state index contributed by atoms with van der Waals surface area (Å²) in [5.41, 5.74) is 0.522. The summed E-state index contributed by atoms with van der Waals surface area (Å²) < 4.78 is 44.3. The van der Waals surface area contributed by atoms with E-state index in [1.165, 1.54) is 0 Å². The number of ether oxygens (including phenoxy) is 1. The first-order chi connectivity index (χ1) is 7.56. The zero-order valence-electron chi connectivity index (χ0n) is 7.86. The van der Waals surface area contributed by atoms with Crippen LogP contribution in [0.3, 0.4) is 0 Å². The molecule has 0 saturated carbocycles. The van der Waals surface area contributed by atoms with Crippen LogP contribution in [0.1, 0.15) is 0 Å². The maximum atomic E-state index is 12.0. The average Bonchev–Trinajstić information content (AvgIpc) is 2.64. The van der Waals surface area contributed by atoms with Crippen LogP contribution in [0, 0.1) is 0 Å². The number of halogens is 3. The zero-order chi connectivity index (χ0) is 11.6. The second-order valence-corrected chi connectivity index (χ2v) is 2.94. The minimum atomic E-state index is -4.75. The summed E-state index contributed by atoms with van der Waals surface area (Å²) in [6, 6.07) is 8.33. The second-order valence-electron chi connectivity index (χ2n) is 2.94. The van der Waals surface area contributed by atoms with Crippen LogP contribution >= 0.6 is 0 Å². The Bertz CT molecular complexity index is 464. The molecule has 1 aromatic carbocycles. The molecule has 0 aliphatic rings.